The maximum atomic E-state index is 11.8. The van der Waals surface area contributed by atoms with Crippen LogP contribution in [0.3, 0.4) is 0 Å². The molecule has 2 rings (SSSR count). The number of nitrogens with one attached hydrogen (secondary N) is 1. The molecule has 0 heterocycles. The van der Waals surface area contributed by atoms with Gasteiger partial charge < -0.3 is 20.9 Å². The number of hydrogen-bond donors (Lipinski definition) is 3. The van der Waals surface area contributed by atoms with Crippen molar-refractivity contribution in [1.82, 2.24) is 0 Å². The van der Waals surface area contributed by atoms with Crippen molar-refractivity contribution in [3.05, 3.63) is 24.3 Å². The number of amides is 1. The Morgan fingerprint density at radius 3 is 2.85 bits per heavy atom. The minimum Gasteiger partial charge on any atom is -0.482 e. The van der Waals surface area contributed by atoms with Gasteiger partial charge in [-0.05, 0) is 30.9 Å². The highest BCUT2D eigenvalue weighted by Crippen LogP contribution is 2.32. The summed E-state index contributed by atoms with van der Waals surface area (Å²) in [5.74, 6) is -0.308. The van der Waals surface area contributed by atoms with Crippen molar-refractivity contribution in [3.8, 4) is 5.75 Å². The second-order valence-corrected chi connectivity index (χ2v) is 4.96. The fraction of sp³-hybridized carbons (Fsp3) is 0.429. The molecular weight excluding hydrogens is 260 g/mol. The summed E-state index contributed by atoms with van der Waals surface area (Å²) in [6.07, 6.45) is 2.50. The normalized spacial score (nSPS) is 15.4. The van der Waals surface area contributed by atoms with Gasteiger partial charge in [0.25, 0.3) is 0 Å². The smallest absolute Gasteiger partial charge is 0.341 e. The predicted molar refractivity (Wildman–Crippen MR) is 73.5 cm³/mol. The van der Waals surface area contributed by atoms with Gasteiger partial charge in [0.1, 0.15) is 5.75 Å². The van der Waals surface area contributed by atoms with E-state index in [9.17, 15) is 9.59 Å². The number of carboxylic acid groups (broad SMARTS) is 1. The van der Waals surface area contributed by atoms with Crippen LogP contribution in [0.5, 0.6) is 5.75 Å². The Hall–Kier alpha value is -2.08. The third kappa shape index (κ3) is 4.55. The maximum Gasteiger partial charge on any atom is 0.341 e. The van der Waals surface area contributed by atoms with E-state index in [1.165, 1.54) is 0 Å². The minimum atomic E-state index is -1.05. The highest BCUT2D eigenvalue weighted by molar-refractivity contribution is 5.91. The summed E-state index contributed by atoms with van der Waals surface area (Å²) in [7, 11) is 0. The second-order valence-electron chi connectivity index (χ2n) is 4.96. The number of anilines is 1. The molecule has 0 spiro atoms. The minimum absolute atomic E-state index is 0.0820. The molecule has 1 atom stereocenters. The number of hydrogen-bond acceptors (Lipinski definition) is 4. The van der Waals surface area contributed by atoms with Gasteiger partial charge >= 0.3 is 5.97 Å². The maximum absolute atomic E-state index is 11.8. The lowest BCUT2D eigenvalue weighted by Gasteiger charge is -2.11. The molecule has 20 heavy (non-hydrogen) atoms. The fourth-order valence-electron chi connectivity index (χ4n) is 1.93. The Balaban J connectivity index is 1.86. The van der Waals surface area contributed by atoms with Crippen molar-refractivity contribution in [3.63, 3.8) is 0 Å². The zero-order chi connectivity index (χ0) is 14.5. The van der Waals surface area contributed by atoms with Crippen LogP contribution in [0.2, 0.25) is 0 Å². The van der Waals surface area contributed by atoms with E-state index in [2.05, 4.69) is 5.32 Å². The molecular formula is C14H18N2O4. The van der Waals surface area contributed by atoms with Gasteiger partial charge in [-0.15, -0.1) is 0 Å². The van der Waals surface area contributed by atoms with Crippen LogP contribution in [-0.4, -0.2) is 29.6 Å². The summed E-state index contributed by atoms with van der Waals surface area (Å²) in [5.41, 5.74) is 6.46. The Morgan fingerprint density at radius 2 is 2.20 bits per heavy atom. The summed E-state index contributed by atoms with van der Waals surface area (Å²) in [5, 5.41) is 11.3. The number of carbonyl (C=O) groups excluding carboxylic acids is 1. The first-order valence-electron chi connectivity index (χ1n) is 6.54. The van der Waals surface area contributed by atoms with Gasteiger partial charge in [0.15, 0.2) is 6.61 Å². The molecule has 0 aromatic heterocycles. The van der Waals surface area contributed by atoms with Crippen molar-refractivity contribution in [2.24, 2.45) is 11.7 Å². The molecule has 1 aromatic carbocycles. The van der Waals surface area contributed by atoms with Gasteiger partial charge in [0.2, 0.25) is 5.91 Å². The van der Waals surface area contributed by atoms with Crippen molar-refractivity contribution in [1.29, 1.82) is 0 Å². The van der Waals surface area contributed by atoms with Crippen LogP contribution in [0, 0.1) is 5.92 Å². The molecule has 1 aromatic rings. The van der Waals surface area contributed by atoms with Crippen LogP contribution in [0.25, 0.3) is 0 Å². The van der Waals surface area contributed by atoms with Crippen molar-refractivity contribution in [2.75, 3.05) is 11.9 Å². The van der Waals surface area contributed by atoms with Gasteiger partial charge in [-0.3, -0.25) is 4.79 Å². The van der Waals surface area contributed by atoms with E-state index < -0.39 is 12.6 Å². The van der Waals surface area contributed by atoms with Gasteiger partial charge in [0.05, 0.1) is 0 Å². The highest BCUT2D eigenvalue weighted by atomic mass is 16.5. The number of rotatable bonds is 7. The first kappa shape index (κ1) is 14.3. The lowest BCUT2D eigenvalue weighted by molar-refractivity contribution is -0.139. The van der Waals surface area contributed by atoms with Gasteiger partial charge in [-0.2, -0.15) is 0 Å². The van der Waals surface area contributed by atoms with E-state index in [1.807, 2.05) is 0 Å². The fourth-order valence-corrected chi connectivity index (χ4v) is 1.93. The van der Waals surface area contributed by atoms with E-state index in [4.69, 9.17) is 15.6 Å². The zero-order valence-corrected chi connectivity index (χ0v) is 11.0. The molecule has 0 radical (unpaired) electrons. The average molecular weight is 278 g/mol. The Kier molecular flexibility index (Phi) is 4.57. The Morgan fingerprint density at radius 1 is 1.45 bits per heavy atom. The molecule has 1 fully saturated rings. The molecule has 0 saturated heterocycles. The third-order valence-electron chi connectivity index (χ3n) is 3.13. The van der Waals surface area contributed by atoms with E-state index >= 15 is 0 Å². The largest absolute Gasteiger partial charge is 0.482 e. The summed E-state index contributed by atoms with van der Waals surface area (Å²) in [6, 6.07) is 6.54. The van der Waals surface area contributed by atoms with Crippen molar-refractivity contribution in [2.45, 2.75) is 25.3 Å². The highest BCUT2D eigenvalue weighted by Gasteiger charge is 2.29. The summed E-state index contributed by atoms with van der Waals surface area (Å²) < 4.78 is 5.04. The number of carbonyl (C=O) groups is 2. The summed E-state index contributed by atoms with van der Waals surface area (Å²) >= 11 is 0. The topological polar surface area (TPSA) is 102 Å². The Bertz CT molecular complexity index is 500. The van der Waals surface area contributed by atoms with E-state index in [1.54, 1.807) is 24.3 Å². The molecule has 1 aliphatic carbocycles. The average Bonchev–Trinajstić information content (AvgIpc) is 3.20. The first-order chi connectivity index (χ1) is 9.54. The number of carboxylic acids is 1. The third-order valence-corrected chi connectivity index (χ3v) is 3.13. The first-order valence-corrected chi connectivity index (χ1v) is 6.54. The van der Waals surface area contributed by atoms with Gasteiger partial charge in [0, 0.05) is 24.2 Å². The lowest BCUT2D eigenvalue weighted by atomic mass is 10.1. The van der Waals surface area contributed by atoms with Crippen molar-refractivity contribution >= 4 is 17.6 Å². The van der Waals surface area contributed by atoms with E-state index in [-0.39, 0.29) is 11.9 Å². The quantitative estimate of drug-likeness (QED) is 0.696. The summed E-state index contributed by atoms with van der Waals surface area (Å²) in [4.78, 5) is 22.2. The number of aliphatic carboxylic acids is 1. The van der Waals surface area contributed by atoms with Crippen LogP contribution in [0.4, 0.5) is 5.69 Å². The molecule has 1 saturated carbocycles. The van der Waals surface area contributed by atoms with E-state index in [0.717, 1.165) is 12.8 Å². The zero-order valence-electron chi connectivity index (χ0n) is 11.0. The molecule has 4 N–H and O–H groups in total. The van der Waals surface area contributed by atoms with Gasteiger partial charge in [-0.25, -0.2) is 4.79 Å². The molecule has 6 nitrogen and oxygen atoms in total. The monoisotopic (exact) mass is 278 g/mol. The molecule has 1 aliphatic rings. The van der Waals surface area contributed by atoms with E-state index in [0.29, 0.717) is 23.8 Å². The molecule has 6 heteroatoms. The molecule has 0 aliphatic heterocycles. The van der Waals surface area contributed by atoms with Crippen LogP contribution in [-0.2, 0) is 9.59 Å². The second kappa shape index (κ2) is 6.38. The van der Waals surface area contributed by atoms with Crippen LogP contribution < -0.4 is 15.8 Å². The number of benzene rings is 1. The van der Waals surface area contributed by atoms with Crippen LogP contribution in [0.1, 0.15) is 19.3 Å². The molecule has 0 bridgehead atoms. The van der Waals surface area contributed by atoms with Gasteiger partial charge in [-0.1, -0.05) is 6.07 Å². The Labute approximate surface area is 116 Å². The molecule has 1 unspecified atom stereocenters. The SMILES string of the molecule is NC(CC(=O)Nc1cccc(OCC(=O)O)c1)C1CC1. The predicted octanol–water partition coefficient (Wildman–Crippen LogP) is 1.22. The molecule has 108 valence electrons. The number of nitrogens with two attached hydrogens (primary N) is 1. The van der Waals surface area contributed by atoms with Crippen LogP contribution >= 0.6 is 0 Å². The molecule has 1 amide bonds. The summed E-state index contributed by atoms with van der Waals surface area (Å²) in [6.45, 7) is -0.413. The van der Waals surface area contributed by atoms with Crippen molar-refractivity contribution < 1.29 is 19.4 Å². The standard InChI is InChI=1S/C14H18N2O4/c15-12(9-4-5-9)7-13(17)16-10-2-1-3-11(6-10)20-8-14(18)19/h1-3,6,9,12H,4-5,7-8,15H2,(H,16,17)(H,18,19). The number of ether oxygens (including phenoxy) is 1. The lowest BCUT2D eigenvalue weighted by Crippen LogP contribution is -2.28. The van der Waals surface area contributed by atoms with Crippen LogP contribution in [0.15, 0.2) is 24.3 Å².